The minimum Gasteiger partial charge on any atom is -0.497 e. The molecule has 0 saturated carbocycles. The highest BCUT2D eigenvalue weighted by atomic mass is 16.5. The third kappa shape index (κ3) is 4.37. The Hall–Kier alpha value is -3.61. The topological polar surface area (TPSA) is 85.4 Å². The summed E-state index contributed by atoms with van der Waals surface area (Å²) >= 11 is 0. The highest BCUT2D eigenvalue weighted by molar-refractivity contribution is 6.03. The van der Waals surface area contributed by atoms with Crippen LogP contribution in [0.4, 0.5) is 17.2 Å². The van der Waals surface area contributed by atoms with Gasteiger partial charge in [0.05, 0.1) is 19.9 Å². The predicted octanol–water partition coefficient (Wildman–Crippen LogP) is 4.11. The Labute approximate surface area is 163 Å². The van der Waals surface area contributed by atoms with Gasteiger partial charge in [-0.25, -0.2) is 0 Å². The van der Waals surface area contributed by atoms with Crippen molar-refractivity contribution in [2.45, 2.75) is 13.8 Å². The molecule has 0 spiro atoms. The first kappa shape index (κ1) is 19.2. The van der Waals surface area contributed by atoms with E-state index < -0.39 is 5.91 Å². The zero-order valence-corrected chi connectivity index (χ0v) is 16.2. The van der Waals surface area contributed by atoms with Crippen molar-refractivity contribution in [3.63, 3.8) is 0 Å². The fourth-order valence-corrected chi connectivity index (χ4v) is 2.71. The maximum atomic E-state index is 12.5. The Morgan fingerprint density at radius 1 is 0.893 bits per heavy atom. The van der Waals surface area contributed by atoms with Gasteiger partial charge in [-0.2, -0.15) is 0 Å². The molecule has 1 amide bonds. The number of methoxy groups -OCH3 is 2. The molecule has 144 valence electrons. The molecule has 0 unspecified atom stereocenters. The van der Waals surface area contributed by atoms with Gasteiger partial charge in [-0.05, 0) is 49.7 Å². The molecule has 3 rings (SSSR count). The molecule has 2 N–H and O–H groups in total. The lowest BCUT2D eigenvalue weighted by Crippen LogP contribution is -2.15. The van der Waals surface area contributed by atoms with Crippen LogP contribution in [0.1, 0.15) is 21.6 Å². The van der Waals surface area contributed by atoms with Crippen molar-refractivity contribution in [2.24, 2.45) is 0 Å². The highest BCUT2D eigenvalue weighted by Crippen LogP contribution is 2.29. The summed E-state index contributed by atoms with van der Waals surface area (Å²) < 4.78 is 10.5. The van der Waals surface area contributed by atoms with Crippen LogP contribution in [-0.4, -0.2) is 30.3 Å². The first-order chi connectivity index (χ1) is 13.5. The summed E-state index contributed by atoms with van der Waals surface area (Å²) in [6.07, 6.45) is 0. The summed E-state index contributed by atoms with van der Waals surface area (Å²) in [4.78, 5) is 12.5. The number of carbonyl (C=O) groups is 1. The van der Waals surface area contributed by atoms with Crippen LogP contribution in [0, 0.1) is 13.8 Å². The molecule has 3 aromatic rings. The second-order valence-corrected chi connectivity index (χ2v) is 6.27. The number of amides is 1. The van der Waals surface area contributed by atoms with Crippen LogP contribution in [0.2, 0.25) is 0 Å². The zero-order valence-electron chi connectivity index (χ0n) is 16.2. The van der Waals surface area contributed by atoms with Gasteiger partial charge < -0.3 is 20.1 Å². The second kappa shape index (κ2) is 8.39. The molecule has 0 aliphatic carbocycles. The number of nitrogens with one attached hydrogen (secondary N) is 2. The Morgan fingerprint density at radius 3 is 2.36 bits per heavy atom. The van der Waals surface area contributed by atoms with Gasteiger partial charge in [-0.15, -0.1) is 10.2 Å². The van der Waals surface area contributed by atoms with Crippen LogP contribution in [0.25, 0.3) is 0 Å². The fraction of sp³-hybridized carbons (Fsp3) is 0.190. The summed E-state index contributed by atoms with van der Waals surface area (Å²) in [5.74, 6) is 1.30. The van der Waals surface area contributed by atoms with Crippen molar-refractivity contribution in [2.75, 3.05) is 24.9 Å². The van der Waals surface area contributed by atoms with Gasteiger partial charge in [0.25, 0.3) is 5.91 Å². The standard InChI is InChI=1S/C21H22N4O3/c1-13-5-7-16(14(2)11-13)22-20-10-8-17(24-25-20)21(26)23-18-12-15(27-3)6-9-19(18)28-4/h5-12H,1-4H3,(H,22,25)(H,23,26). The summed E-state index contributed by atoms with van der Waals surface area (Å²) in [6, 6.07) is 14.6. The summed E-state index contributed by atoms with van der Waals surface area (Å²) in [5.41, 5.74) is 3.92. The van der Waals surface area contributed by atoms with Crippen molar-refractivity contribution in [3.8, 4) is 11.5 Å². The predicted molar refractivity (Wildman–Crippen MR) is 109 cm³/mol. The number of anilines is 3. The van der Waals surface area contributed by atoms with Crippen LogP contribution in [0.3, 0.4) is 0 Å². The maximum absolute atomic E-state index is 12.5. The first-order valence-corrected chi connectivity index (χ1v) is 8.71. The van der Waals surface area contributed by atoms with Crippen molar-refractivity contribution >= 4 is 23.1 Å². The molecule has 0 aliphatic rings. The summed E-state index contributed by atoms with van der Waals surface area (Å²) in [5, 5.41) is 14.1. The number of ether oxygens (including phenoxy) is 2. The number of benzene rings is 2. The molecule has 7 heteroatoms. The quantitative estimate of drug-likeness (QED) is 0.671. The summed E-state index contributed by atoms with van der Waals surface area (Å²) in [7, 11) is 3.09. The minimum absolute atomic E-state index is 0.191. The van der Waals surface area contributed by atoms with Crippen LogP contribution in [0.15, 0.2) is 48.5 Å². The molecule has 28 heavy (non-hydrogen) atoms. The van der Waals surface area contributed by atoms with E-state index in [1.54, 1.807) is 37.4 Å². The van der Waals surface area contributed by atoms with E-state index in [-0.39, 0.29) is 5.69 Å². The molecule has 1 aromatic heterocycles. The van der Waals surface area contributed by atoms with Gasteiger partial charge in [0.1, 0.15) is 11.5 Å². The number of rotatable bonds is 6. The van der Waals surface area contributed by atoms with Crippen LogP contribution >= 0.6 is 0 Å². The van der Waals surface area contributed by atoms with E-state index in [1.807, 2.05) is 26.0 Å². The SMILES string of the molecule is COc1ccc(OC)c(NC(=O)c2ccc(Nc3ccc(C)cc3C)nn2)c1. The van der Waals surface area contributed by atoms with Crippen molar-refractivity contribution in [1.82, 2.24) is 10.2 Å². The molecule has 0 saturated heterocycles. The van der Waals surface area contributed by atoms with Gasteiger partial charge in [-0.3, -0.25) is 4.79 Å². The van der Waals surface area contributed by atoms with Gasteiger partial charge >= 0.3 is 0 Å². The van der Waals surface area contributed by atoms with E-state index >= 15 is 0 Å². The number of carbonyl (C=O) groups excluding carboxylic acids is 1. The molecule has 0 fully saturated rings. The van der Waals surface area contributed by atoms with Crippen LogP contribution < -0.4 is 20.1 Å². The van der Waals surface area contributed by atoms with Gasteiger partial charge in [-0.1, -0.05) is 17.7 Å². The van der Waals surface area contributed by atoms with E-state index in [4.69, 9.17) is 9.47 Å². The van der Waals surface area contributed by atoms with E-state index in [0.717, 1.165) is 11.3 Å². The van der Waals surface area contributed by atoms with Crippen LogP contribution in [-0.2, 0) is 0 Å². The maximum Gasteiger partial charge on any atom is 0.276 e. The number of aromatic nitrogens is 2. The number of nitrogens with zero attached hydrogens (tertiary/aromatic N) is 2. The largest absolute Gasteiger partial charge is 0.497 e. The molecule has 0 radical (unpaired) electrons. The van der Waals surface area contributed by atoms with Crippen LogP contribution in [0.5, 0.6) is 11.5 Å². The van der Waals surface area contributed by atoms with Crippen molar-refractivity contribution in [3.05, 3.63) is 65.4 Å². The smallest absolute Gasteiger partial charge is 0.276 e. The lowest BCUT2D eigenvalue weighted by Gasteiger charge is -2.12. The number of aryl methyl sites for hydroxylation is 2. The van der Waals surface area contributed by atoms with Gasteiger partial charge in [0.15, 0.2) is 11.5 Å². The van der Waals surface area contributed by atoms with E-state index in [0.29, 0.717) is 23.0 Å². The van der Waals surface area contributed by atoms with Crippen molar-refractivity contribution in [1.29, 1.82) is 0 Å². The molecular weight excluding hydrogens is 356 g/mol. The molecule has 0 bridgehead atoms. The Balaban J connectivity index is 1.73. The lowest BCUT2D eigenvalue weighted by atomic mass is 10.1. The van der Waals surface area contributed by atoms with E-state index in [2.05, 4.69) is 26.9 Å². The average Bonchev–Trinajstić information content (AvgIpc) is 2.70. The Kier molecular flexibility index (Phi) is 5.74. The fourth-order valence-electron chi connectivity index (χ4n) is 2.71. The molecule has 2 aromatic carbocycles. The third-order valence-corrected chi connectivity index (χ3v) is 4.20. The minimum atomic E-state index is -0.392. The summed E-state index contributed by atoms with van der Waals surface area (Å²) in [6.45, 7) is 4.06. The molecule has 1 heterocycles. The molecular formula is C21H22N4O3. The second-order valence-electron chi connectivity index (χ2n) is 6.27. The number of hydrogen-bond acceptors (Lipinski definition) is 6. The highest BCUT2D eigenvalue weighted by Gasteiger charge is 2.13. The van der Waals surface area contributed by atoms with E-state index in [9.17, 15) is 4.79 Å². The third-order valence-electron chi connectivity index (χ3n) is 4.20. The zero-order chi connectivity index (χ0) is 20.1. The number of hydrogen-bond donors (Lipinski definition) is 2. The van der Waals surface area contributed by atoms with E-state index in [1.165, 1.54) is 12.7 Å². The Bertz CT molecular complexity index is 987. The monoisotopic (exact) mass is 378 g/mol. The Morgan fingerprint density at radius 2 is 1.71 bits per heavy atom. The normalized spacial score (nSPS) is 10.3. The lowest BCUT2D eigenvalue weighted by molar-refractivity contribution is 0.102. The van der Waals surface area contributed by atoms with Gasteiger partial charge in [0, 0.05) is 11.8 Å². The molecule has 7 nitrogen and oxygen atoms in total. The average molecular weight is 378 g/mol. The first-order valence-electron chi connectivity index (χ1n) is 8.71. The molecule has 0 aliphatic heterocycles. The molecule has 0 atom stereocenters. The van der Waals surface area contributed by atoms with Crippen molar-refractivity contribution < 1.29 is 14.3 Å². The van der Waals surface area contributed by atoms with Gasteiger partial charge in [0.2, 0.25) is 0 Å².